The van der Waals surface area contributed by atoms with E-state index in [0.717, 1.165) is 5.56 Å². The monoisotopic (exact) mass is 376 g/mol. The van der Waals surface area contributed by atoms with E-state index in [2.05, 4.69) is 0 Å². The number of aryl methyl sites for hydroxylation is 1. The Kier molecular flexibility index (Phi) is 6.64. The van der Waals surface area contributed by atoms with Crippen molar-refractivity contribution in [2.75, 3.05) is 7.11 Å². The Morgan fingerprint density at radius 3 is 2.42 bits per heavy atom. The van der Waals surface area contributed by atoms with Crippen molar-refractivity contribution in [3.63, 3.8) is 0 Å². The molecule has 0 aromatic heterocycles. The van der Waals surface area contributed by atoms with Gasteiger partial charge in [0.25, 0.3) is 0 Å². The Hall–Kier alpha value is -2.53. The second-order valence-electron chi connectivity index (χ2n) is 5.86. The number of hydrogen-bond donors (Lipinski definition) is 0. The van der Waals surface area contributed by atoms with E-state index < -0.39 is 12.1 Å². The molecule has 0 aliphatic rings. The van der Waals surface area contributed by atoms with Gasteiger partial charge in [0.1, 0.15) is 18.1 Å². The molecule has 26 heavy (non-hydrogen) atoms. The molecular formula is C20H21ClO5. The van der Waals surface area contributed by atoms with Gasteiger partial charge < -0.3 is 14.2 Å². The van der Waals surface area contributed by atoms with Crippen molar-refractivity contribution in [3.8, 4) is 11.5 Å². The molecule has 2 rings (SSSR count). The maximum absolute atomic E-state index is 12.2. The predicted octanol–water partition coefficient (Wildman–Crippen LogP) is 4.37. The van der Waals surface area contributed by atoms with Crippen LogP contribution in [0.5, 0.6) is 11.5 Å². The molecule has 0 unspecified atom stereocenters. The average molecular weight is 377 g/mol. The van der Waals surface area contributed by atoms with E-state index in [1.54, 1.807) is 43.3 Å². The summed E-state index contributed by atoms with van der Waals surface area (Å²) in [5, 5.41) is 0.600. The van der Waals surface area contributed by atoms with Crippen LogP contribution < -0.4 is 9.47 Å². The van der Waals surface area contributed by atoms with Gasteiger partial charge in [-0.1, -0.05) is 11.6 Å². The van der Waals surface area contributed by atoms with Gasteiger partial charge in [-0.25, -0.2) is 4.79 Å². The van der Waals surface area contributed by atoms with Gasteiger partial charge in [-0.2, -0.15) is 0 Å². The maximum atomic E-state index is 12.2. The summed E-state index contributed by atoms with van der Waals surface area (Å²) >= 11 is 5.91. The zero-order valence-electron chi connectivity index (χ0n) is 15.2. The van der Waals surface area contributed by atoms with Crippen LogP contribution in [0.25, 0.3) is 0 Å². The second kappa shape index (κ2) is 8.72. The van der Waals surface area contributed by atoms with Crippen molar-refractivity contribution in [3.05, 3.63) is 58.1 Å². The fourth-order valence-electron chi connectivity index (χ4n) is 2.36. The minimum absolute atomic E-state index is 0.0174. The molecule has 0 amide bonds. The predicted molar refractivity (Wildman–Crippen MR) is 99.1 cm³/mol. The Morgan fingerprint density at radius 1 is 1.12 bits per heavy atom. The minimum Gasteiger partial charge on any atom is -0.496 e. The highest BCUT2D eigenvalue weighted by molar-refractivity contribution is 6.30. The van der Waals surface area contributed by atoms with Crippen molar-refractivity contribution in [2.45, 2.75) is 33.5 Å². The standard InChI is InChI=1S/C20H21ClO5/c1-12-9-17(21)6-8-18(12)26-14(3)20(23)25-11-16-10-15(13(2)22)5-7-19(16)24-4/h5-10,14H,11H2,1-4H3/t14-/m0/s1. The second-order valence-corrected chi connectivity index (χ2v) is 6.30. The summed E-state index contributed by atoms with van der Waals surface area (Å²) in [5.41, 5.74) is 1.97. The third kappa shape index (κ3) is 4.99. The van der Waals surface area contributed by atoms with Crippen molar-refractivity contribution >= 4 is 23.4 Å². The van der Waals surface area contributed by atoms with Crippen LogP contribution in [0.2, 0.25) is 5.02 Å². The summed E-state index contributed by atoms with van der Waals surface area (Å²) in [5.74, 6) is 0.518. The van der Waals surface area contributed by atoms with E-state index in [1.807, 2.05) is 6.92 Å². The summed E-state index contributed by atoms with van der Waals surface area (Å²) in [6, 6.07) is 10.2. The first-order chi connectivity index (χ1) is 12.3. The zero-order valence-corrected chi connectivity index (χ0v) is 15.9. The van der Waals surface area contributed by atoms with Gasteiger partial charge in [0.15, 0.2) is 11.9 Å². The largest absolute Gasteiger partial charge is 0.496 e. The first kappa shape index (κ1) is 19.8. The number of carbonyl (C=O) groups is 2. The molecule has 0 aliphatic heterocycles. The molecule has 138 valence electrons. The number of methoxy groups -OCH3 is 1. The normalized spacial score (nSPS) is 11.6. The molecule has 2 aromatic carbocycles. The molecule has 0 spiro atoms. The third-order valence-electron chi connectivity index (χ3n) is 3.83. The average Bonchev–Trinajstić information content (AvgIpc) is 2.61. The smallest absolute Gasteiger partial charge is 0.347 e. The third-order valence-corrected chi connectivity index (χ3v) is 4.06. The Balaban J connectivity index is 2.03. The lowest BCUT2D eigenvalue weighted by Crippen LogP contribution is -2.26. The Morgan fingerprint density at radius 2 is 1.81 bits per heavy atom. The summed E-state index contributed by atoms with van der Waals surface area (Å²) in [6.07, 6.45) is -0.795. The molecule has 0 saturated heterocycles. The molecule has 2 aromatic rings. The minimum atomic E-state index is -0.795. The van der Waals surface area contributed by atoms with Crippen LogP contribution in [-0.4, -0.2) is 25.0 Å². The molecule has 0 heterocycles. The molecule has 0 aliphatic carbocycles. The van der Waals surface area contributed by atoms with Crippen LogP contribution in [0.1, 0.15) is 35.3 Å². The topological polar surface area (TPSA) is 61.8 Å². The summed E-state index contributed by atoms with van der Waals surface area (Å²) in [4.78, 5) is 23.8. The van der Waals surface area contributed by atoms with Crippen LogP contribution in [0.15, 0.2) is 36.4 Å². The first-order valence-electron chi connectivity index (χ1n) is 8.09. The van der Waals surface area contributed by atoms with Crippen LogP contribution in [0, 0.1) is 6.92 Å². The number of ketones is 1. The van der Waals surface area contributed by atoms with Gasteiger partial charge in [-0.15, -0.1) is 0 Å². The molecule has 1 atom stereocenters. The highest BCUT2D eigenvalue weighted by Crippen LogP contribution is 2.24. The molecule has 0 bridgehead atoms. The first-order valence-corrected chi connectivity index (χ1v) is 8.47. The number of hydrogen-bond acceptors (Lipinski definition) is 5. The van der Waals surface area contributed by atoms with E-state index in [-0.39, 0.29) is 12.4 Å². The Labute approximate surface area is 157 Å². The van der Waals surface area contributed by atoms with Crippen molar-refractivity contribution in [2.24, 2.45) is 0 Å². The van der Waals surface area contributed by atoms with Gasteiger partial charge >= 0.3 is 5.97 Å². The summed E-state index contributed by atoms with van der Waals surface area (Å²) < 4.78 is 16.2. The van der Waals surface area contributed by atoms with Gasteiger partial charge in [0.2, 0.25) is 0 Å². The lowest BCUT2D eigenvalue weighted by molar-refractivity contribution is -0.152. The van der Waals surface area contributed by atoms with E-state index in [1.165, 1.54) is 14.0 Å². The molecule has 6 heteroatoms. The zero-order chi connectivity index (χ0) is 19.3. The van der Waals surface area contributed by atoms with Crippen LogP contribution in [0.3, 0.4) is 0 Å². The molecular weight excluding hydrogens is 356 g/mol. The van der Waals surface area contributed by atoms with E-state index >= 15 is 0 Å². The molecule has 0 radical (unpaired) electrons. The number of rotatable bonds is 7. The van der Waals surface area contributed by atoms with Crippen LogP contribution >= 0.6 is 11.6 Å². The number of ether oxygens (including phenoxy) is 3. The van der Waals surface area contributed by atoms with Crippen molar-refractivity contribution in [1.82, 2.24) is 0 Å². The SMILES string of the molecule is COc1ccc(C(C)=O)cc1COC(=O)[C@H](C)Oc1ccc(Cl)cc1C. The summed E-state index contributed by atoms with van der Waals surface area (Å²) in [6.45, 7) is 4.91. The van der Waals surface area contributed by atoms with Gasteiger partial charge in [0.05, 0.1) is 7.11 Å². The number of benzene rings is 2. The number of Topliss-reactive ketones (excluding diaryl/α,β-unsaturated/α-hetero) is 1. The maximum Gasteiger partial charge on any atom is 0.347 e. The lowest BCUT2D eigenvalue weighted by atomic mass is 10.1. The molecule has 0 saturated carbocycles. The molecule has 0 fully saturated rings. The van der Waals surface area contributed by atoms with E-state index in [0.29, 0.717) is 27.6 Å². The number of halogens is 1. The quantitative estimate of drug-likeness (QED) is 0.530. The molecule has 5 nitrogen and oxygen atoms in total. The highest BCUT2D eigenvalue weighted by atomic mass is 35.5. The van der Waals surface area contributed by atoms with E-state index in [4.69, 9.17) is 25.8 Å². The summed E-state index contributed by atoms with van der Waals surface area (Å²) in [7, 11) is 1.52. The van der Waals surface area contributed by atoms with Gasteiger partial charge in [-0.05, 0) is 62.7 Å². The van der Waals surface area contributed by atoms with Crippen LogP contribution in [-0.2, 0) is 16.1 Å². The fraction of sp³-hybridized carbons (Fsp3) is 0.300. The highest BCUT2D eigenvalue weighted by Gasteiger charge is 2.18. The van der Waals surface area contributed by atoms with Crippen molar-refractivity contribution in [1.29, 1.82) is 0 Å². The van der Waals surface area contributed by atoms with Gasteiger partial charge in [-0.3, -0.25) is 4.79 Å². The van der Waals surface area contributed by atoms with Crippen LogP contribution in [0.4, 0.5) is 0 Å². The Bertz CT molecular complexity index is 816. The van der Waals surface area contributed by atoms with Crippen molar-refractivity contribution < 1.29 is 23.8 Å². The number of esters is 1. The number of carbonyl (C=O) groups excluding carboxylic acids is 2. The molecule has 0 N–H and O–H groups in total. The fourth-order valence-corrected chi connectivity index (χ4v) is 2.59. The lowest BCUT2D eigenvalue weighted by Gasteiger charge is -2.16. The van der Waals surface area contributed by atoms with Gasteiger partial charge in [0, 0.05) is 16.1 Å². The van der Waals surface area contributed by atoms with E-state index in [9.17, 15) is 9.59 Å².